The Bertz CT molecular complexity index is 735. The maximum absolute atomic E-state index is 12.1. The van der Waals surface area contributed by atoms with Crippen LogP contribution in [0, 0.1) is 0 Å². The highest BCUT2D eigenvalue weighted by atomic mass is 16.1. The number of Topliss-reactive ketones (excluding diaryl/α,β-unsaturated/α-hetero) is 1. The summed E-state index contributed by atoms with van der Waals surface area (Å²) < 4.78 is 0. The zero-order valence-corrected chi connectivity index (χ0v) is 12.2. The third-order valence-electron chi connectivity index (χ3n) is 3.64. The first-order valence-electron chi connectivity index (χ1n) is 7.35. The number of H-pyrrole nitrogens is 1. The predicted octanol–water partition coefficient (Wildman–Crippen LogP) is 3.68. The summed E-state index contributed by atoms with van der Waals surface area (Å²) in [5, 5.41) is 7.16. The van der Waals surface area contributed by atoms with Gasteiger partial charge in [0, 0.05) is 35.6 Å². The molecular formula is C18H17N3O. The summed E-state index contributed by atoms with van der Waals surface area (Å²) in [5.41, 5.74) is 4.01. The Morgan fingerprint density at radius 2 is 1.82 bits per heavy atom. The number of hydrogen-bond acceptors (Lipinski definition) is 3. The van der Waals surface area contributed by atoms with Gasteiger partial charge in [0.25, 0.3) is 0 Å². The smallest absolute Gasteiger partial charge is 0.162 e. The minimum absolute atomic E-state index is 0.186. The number of nitrogens with one attached hydrogen (secondary N) is 1. The van der Waals surface area contributed by atoms with Crippen LogP contribution in [0.4, 0.5) is 0 Å². The highest BCUT2D eigenvalue weighted by molar-refractivity contribution is 5.95. The number of pyridine rings is 1. The van der Waals surface area contributed by atoms with Crippen LogP contribution in [0.1, 0.15) is 28.9 Å². The lowest BCUT2D eigenvalue weighted by Crippen LogP contribution is -2.00. The van der Waals surface area contributed by atoms with Gasteiger partial charge in [0.2, 0.25) is 0 Å². The molecule has 3 rings (SSSR count). The van der Waals surface area contributed by atoms with Crippen molar-refractivity contribution in [2.45, 2.75) is 19.3 Å². The van der Waals surface area contributed by atoms with E-state index in [-0.39, 0.29) is 5.78 Å². The van der Waals surface area contributed by atoms with Crippen LogP contribution >= 0.6 is 0 Å². The van der Waals surface area contributed by atoms with Gasteiger partial charge in [-0.3, -0.25) is 14.9 Å². The Labute approximate surface area is 129 Å². The van der Waals surface area contributed by atoms with Gasteiger partial charge >= 0.3 is 0 Å². The van der Waals surface area contributed by atoms with Crippen molar-refractivity contribution in [3.05, 3.63) is 72.3 Å². The number of aromatic nitrogens is 3. The summed E-state index contributed by atoms with van der Waals surface area (Å²) in [4.78, 5) is 16.1. The van der Waals surface area contributed by atoms with Crippen LogP contribution in [0.3, 0.4) is 0 Å². The standard InChI is InChI=1S/C18H17N3O/c22-18(15-5-2-1-3-6-15)8-4-7-17-16(13-20-21-17)14-9-11-19-12-10-14/h1-3,5-6,9-13H,4,7-8H2,(H,20,21). The maximum Gasteiger partial charge on any atom is 0.162 e. The lowest BCUT2D eigenvalue weighted by atomic mass is 10.0. The van der Waals surface area contributed by atoms with Crippen molar-refractivity contribution in [3.63, 3.8) is 0 Å². The van der Waals surface area contributed by atoms with Crippen molar-refractivity contribution in [2.24, 2.45) is 0 Å². The second-order valence-electron chi connectivity index (χ2n) is 5.14. The molecule has 0 saturated heterocycles. The molecule has 0 aliphatic heterocycles. The number of benzene rings is 1. The van der Waals surface area contributed by atoms with Crippen LogP contribution in [0.15, 0.2) is 61.1 Å². The van der Waals surface area contributed by atoms with Crippen molar-refractivity contribution < 1.29 is 4.79 Å². The van der Waals surface area contributed by atoms with E-state index in [0.29, 0.717) is 6.42 Å². The molecule has 0 spiro atoms. The zero-order chi connectivity index (χ0) is 15.2. The Morgan fingerprint density at radius 3 is 2.59 bits per heavy atom. The first-order chi connectivity index (χ1) is 10.8. The number of ketones is 1. The number of nitrogens with zero attached hydrogens (tertiary/aromatic N) is 2. The summed E-state index contributed by atoms with van der Waals surface area (Å²) in [5.74, 6) is 0.186. The van der Waals surface area contributed by atoms with Crippen molar-refractivity contribution in [1.82, 2.24) is 15.2 Å². The van der Waals surface area contributed by atoms with Gasteiger partial charge in [-0.2, -0.15) is 5.10 Å². The lowest BCUT2D eigenvalue weighted by Gasteiger charge is -2.03. The molecule has 3 aromatic rings. The molecule has 4 heteroatoms. The van der Waals surface area contributed by atoms with Gasteiger partial charge in [-0.05, 0) is 30.5 Å². The van der Waals surface area contributed by atoms with Crippen molar-refractivity contribution in [1.29, 1.82) is 0 Å². The molecule has 0 aliphatic rings. The molecule has 110 valence electrons. The fourth-order valence-corrected chi connectivity index (χ4v) is 2.48. The number of carbonyl (C=O) groups is 1. The highest BCUT2D eigenvalue weighted by Crippen LogP contribution is 2.22. The number of hydrogen-bond donors (Lipinski definition) is 1. The molecule has 0 unspecified atom stereocenters. The number of aryl methyl sites for hydroxylation is 1. The SMILES string of the molecule is O=C(CCCc1[nH]ncc1-c1ccncc1)c1ccccc1. The van der Waals surface area contributed by atoms with Gasteiger partial charge in [0.05, 0.1) is 6.20 Å². The lowest BCUT2D eigenvalue weighted by molar-refractivity contribution is 0.0980. The van der Waals surface area contributed by atoms with E-state index in [0.717, 1.165) is 35.2 Å². The second kappa shape index (κ2) is 6.80. The summed E-state index contributed by atoms with van der Waals surface area (Å²) in [6.45, 7) is 0. The van der Waals surface area contributed by atoms with Crippen LogP contribution in [0.2, 0.25) is 0 Å². The number of aromatic amines is 1. The summed E-state index contributed by atoms with van der Waals surface area (Å²) >= 11 is 0. The normalized spacial score (nSPS) is 10.5. The van der Waals surface area contributed by atoms with E-state index < -0.39 is 0 Å². The van der Waals surface area contributed by atoms with E-state index in [1.54, 1.807) is 12.4 Å². The average Bonchev–Trinajstić information content (AvgIpc) is 3.05. The van der Waals surface area contributed by atoms with Crippen molar-refractivity contribution >= 4 is 5.78 Å². The number of rotatable bonds is 6. The van der Waals surface area contributed by atoms with Crippen molar-refractivity contribution in [2.75, 3.05) is 0 Å². The van der Waals surface area contributed by atoms with E-state index in [1.807, 2.05) is 48.7 Å². The molecule has 1 aromatic carbocycles. The summed E-state index contributed by atoms with van der Waals surface area (Å²) in [6, 6.07) is 13.4. The maximum atomic E-state index is 12.1. The fraction of sp³-hybridized carbons (Fsp3) is 0.167. The Hall–Kier alpha value is -2.75. The van der Waals surface area contributed by atoms with Gasteiger partial charge < -0.3 is 0 Å². The molecule has 4 nitrogen and oxygen atoms in total. The third kappa shape index (κ3) is 3.28. The van der Waals surface area contributed by atoms with Gasteiger partial charge in [0.15, 0.2) is 5.78 Å². The zero-order valence-electron chi connectivity index (χ0n) is 12.2. The topological polar surface area (TPSA) is 58.6 Å². The van der Waals surface area contributed by atoms with E-state index in [9.17, 15) is 4.79 Å². The minimum Gasteiger partial charge on any atom is -0.294 e. The average molecular weight is 291 g/mol. The first kappa shape index (κ1) is 14.2. The van der Waals surface area contributed by atoms with Crippen LogP contribution in [-0.2, 0) is 6.42 Å². The Morgan fingerprint density at radius 1 is 1.05 bits per heavy atom. The summed E-state index contributed by atoms with van der Waals surface area (Å²) in [7, 11) is 0. The van der Waals surface area contributed by atoms with E-state index in [1.165, 1.54) is 0 Å². The molecule has 0 atom stereocenters. The molecule has 2 heterocycles. The molecule has 0 fully saturated rings. The van der Waals surface area contributed by atoms with E-state index in [2.05, 4.69) is 15.2 Å². The molecule has 2 aromatic heterocycles. The largest absolute Gasteiger partial charge is 0.294 e. The molecule has 22 heavy (non-hydrogen) atoms. The van der Waals surface area contributed by atoms with Crippen LogP contribution in [-0.4, -0.2) is 21.0 Å². The monoisotopic (exact) mass is 291 g/mol. The minimum atomic E-state index is 0.186. The molecule has 0 saturated carbocycles. The highest BCUT2D eigenvalue weighted by Gasteiger charge is 2.09. The molecule has 0 amide bonds. The summed E-state index contributed by atoms with van der Waals surface area (Å²) in [6.07, 6.45) is 7.50. The molecule has 1 N–H and O–H groups in total. The molecular weight excluding hydrogens is 274 g/mol. The van der Waals surface area contributed by atoms with Gasteiger partial charge in [0.1, 0.15) is 0 Å². The third-order valence-corrected chi connectivity index (χ3v) is 3.64. The molecule has 0 bridgehead atoms. The predicted molar refractivity (Wildman–Crippen MR) is 85.5 cm³/mol. The second-order valence-corrected chi connectivity index (χ2v) is 5.14. The molecule has 0 radical (unpaired) electrons. The van der Waals surface area contributed by atoms with Gasteiger partial charge in [-0.25, -0.2) is 0 Å². The fourth-order valence-electron chi connectivity index (χ4n) is 2.48. The van der Waals surface area contributed by atoms with Crippen LogP contribution in [0.5, 0.6) is 0 Å². The van der Waals surface area contributed by atoms with E-state index in [4.69, 9.17) is 0 Å². The molecule has 0 aliphatic carbocycles. The Balaban J connectivity index is 1.61. The Kier molecular flexibility index (Phi) is 4.39. The van der Waals surface area contributed by atoms with E-state index >= 15 is 0 Å². The van der Waals surface area contributed by atoms with Crippen LogP contribution < -0.4 is 0 Å². The van der Waals surface area contributed by atoms with Crippen LogP contribution in [0.25, 0.3) is 11.1 Å². The number of carbonyl (C=O) groups excluding carboxylic acids is 1. The van der Waals surface area contributed by atoms with Crippen molar-refractivity contribution in [3.8, 4) is 11.1 Å². The quantitative estimate of drug-likeness (QED) is 0.705. The van der Waals surface area contributed by atoms with Gasteiger partial charge in [-0.1, -0.05) is 30.3 Å². The first-order valence-corrected chi connectivity index (χ1v) is 7.35. The van der Waals surface area contributed by atoms with Gasteiger partial charge in [-0.15, -0.1) is 0 Å².